The van der Waals surface area contributed by atoms with Crippen molar-refractivity contribution >= 4 is 10.0 Å². The van der Waals surface area contributed by atoms with Crippen molar-refractivity contribution in [3.8, 4) is 0 Å². The third-order valence-electron chi connectivity index (χ3n) is 3.25. The van der Waals surface area contributed by atoms with E-state index in [1.165, 1.54) is 0 Å². The minimum Gasteiger partial charge on any atom is -0.360 e. The molecule has 0 amide bonds. The second-order valence-corrected chi connectivity index (χ2v) is 6.62. The number of hydrogen-bond donors (Lipinski definition) is 1. The van der Waals surface area contributed by atoms with Crippen LogP contribution in [-0.4, -0.2) is 43.1 Å². The first-order chi connectivity index (χ1) is 8.35. The van der Waals surface area contributed by atoms with Crippen LogP contribution in [0.15, 0.2) is 9.42 Å². The predicted molar refractivity (Wildman–Crippen MR) is 66.8 cm³/mol. The third-order valence-corrected chi connectivity index (χ3v) is 5.63. The van der Waals surface area contributed by atoms with Crippen LogP contribution in [0.1, 0.15) is 25.3 Å². The minimum absolute atomic E-state index is 0.0764. The number of piperazine rings is 1. The van der Waals surface area contributed by atoms with E-state index in [-0.39, 0.29) is 17.0 Å². The first-order valence-corrected chi connectivity index (χ1v) is 7.47. The lowest BCUT2D eigenvalue weighted by atomic mass is 10.2. The summed E-state index contributed by atoms with van der Waals surface area (Å²) in [5.74, 6) is 0.352. The summed E-state index contributed by atoms with van der Waals surface area (Å²) in [6.45, 7) is 8.40. The highest BCUT2D eigenvalue weighted by Crippen LogP contribution is 2.27. The molecule has 2 rings (SSSR count). The first-order valence-electron chi connectivity index (χ1n) is 6.03. The Morgan fingerprint density at radius 1 is 1.28 bits per heavy atom. The Labute approximate surface area is 107 Å². The summed E-state index contributed by atoms with van der Waals surface area (Å²) in [7, 11) is -3.54. The topological polar surface area (TPSA) is 75.4 Å². The Morgan fingerprint density at radius 2 is 1.83 bits per heavy atom. The van der Waals surface area contributed by atoms with Gasteiger partial charge in [0.25, 0.3) is 0 Å². The Bertz CT molecular complexity index is 508. The summed E-state index contributed by atoms with van der Waals surface area (Å²) in [5, 5.41) is 6.95. The highest BCUT2D eigenvalue weighted by molar-refractivity contribution is 7.89. The SMILES string of the molecule is Cc1noc(C)c1S(=O)(=O)N1C(C)CNCC1C. The van der Waals surface area contributed by atoms with E-state index in [4.69, 9.17) is 4.52 Å². The van der Waals surface area contributed by atoms with Gasteiger partial charge in [-0.25, -0.2) is 8.42 Å². The average molecular weight is 273 g/mol. The standard InChI is InChI=1S/C11H19N3O3S/c1-7-5-12-6-8(2)14(7)18(15,16)11-9(3)13-17-10(11)4/h7-8,12H,5-6H2,1-4H3. The number of sulfonamides is 1. The summed E-state index contributed by atoms with van der Waals surface area (Å²) < 4.78 is 31.9. The molecule has 7 heteroatoms. The van der Waals surface area contributed by atoms with E-state index in [1.54, 1.807) is 18.2 Å². The van der Waals surface area contributed by atoms with Crippen molar-refractivity contribution < 1.29 is 12.9 Å². The van der Waals surface area contributed by atoms with Gasteiger partial charge in [-0.15, -0.1) is 0 Å². The largest absolute Gasteiger partial charge is 0.360 e. The Morgan fingerprint density at radius 3 is 2.28 bits per heavy atom. The monoisotopic (exact) mass is 273 g/mol. The quantitative estimate of drug-likeness (QED) is 0.857. The van der Waals surface area contributed by atoms with E-state index >= 15 is 0 Å². The number of rotatable bonds is 2. The van der Waals surface area contributed by atoms with Crippen LogP contribution in [0.3, 0.4) is 0 Å². The van der Waals surface area contributed by atoms with Crippen LogP contribution in [0.25, 0.3) is 0 Å². The van der Waals surface area contributed by atoms with E-state index in [2.05, 4.69) is 10.5 Å². The second-order valence-electron chi connectivity index (χ2n) is 4.84. The van der Waals surface area contributed by atoms with E-state index < -0.39 is 10.0 Å². The second kappa shape index (κ2) is 4.64. The molecule has 0 radical (unpaired) electrons. The summed E-state index contributed by atoms with van der Waals surface area (Å²) in [5.41, 5.74) is 0.422. The van der Waals surface area contributed by atoms with Crippen molar-refractivity contribution in [1.29, 1.82) is 0 Å². The van der Waals surface area contributed by atoms with Crippen molar-refractivity contribution in [2.24, 2.45) is 0 Å². The third kappa shape index (κ3) is 2.06. The molecule has 0 spiro atoms. The Balaban J connectivity index is 2.48. The molecule has 2 heterocycles. The number of aromatic nitrogens is 1. The molecule has 1 saturated heterocycles. The summed E-state index contributed by atoms with van der Waals surface area (Å²) in [6.07, 6.45) is 0. The zero-order chi connectivity index (χ0) is 13.5. The molecule has 18 heavy (non-hydrogen) atoms. The van der Waals surface area contributed by atoms with E-state index in [0.717, 1.165) is 0 Å². The van der Waals surface area contributed by atoms with E-state index in [1.807, 2.05) is 13.8 Å². The van der Waals surface area contributed by atoms with Gasteiger partial charge in [0, 0.05) is 25.2 Å². The van der Waals surface area contributed by atoms with Crippen LogP contribution >= 0.6 is 0 Å². The molecule has 6 nitrogen and oxygen atoms in total. The lowest BCUT2D eigenvalue weighted by molar-refractivity contribution is 0.219. The van der Waals surface area contributed by atoms with Gasteiger partial charge in [0.1, 0.15) is 10.6 Å². The Hall–Kier alpha value is -0.920. The fraction of sp³-hybridized carbons (Fsp3) is 0.727. The van der Waals surface area contributed by atoms with Crippen molar-refractivity contribution in [3.63, 3.8) is 0 Å². The molecule has 0 bridgehead atoms. The van der Waals surface area contributed by atoms with Crippen molar-refractivity contribution in [3.05, 3.63) is 11.5 Å². The molecule has 1 aliphatic heterocycles. The summed E-state index contributed by atoms with van der Waals surface area (Å²) in [6, 6.07) is -0.153. The maximum atomic E-state index is 12.7. The van der Waals surface area contributed by atoms with Gasteiger partial charge in [-0.05, 0) is 27.7 Å². The normalized spacial score (nSPS) is 26.4. The average Bonchev–Trinajstić information content (AvgIpc) is 2.58. The smallest absolute Gasteiger partial charge is 0.249 e. The van der Waals surface area contributed by atoms with Gasteiger partial charge in [-0.3, -0.25) is 0 Å². The van der Waals surface area contributed by atoms with Crippen LogP contribution in [0.2, 0.25) is 0 Å². The number of hydrogen-bond acceptors (Lipinski definition) is 5. The maximum Gasteiger partial charge on any atom is 0.249 e. The molecule has 0 aromatic carbocycles. The summed E-state index contributed by atoms with van der Waals surface area (Å²) in [4.78, 5) is 0.211. The number of aryl methyl sites for hydroxylation is 2. The number of nitrogens with one attached hydrogen (secondary N) is 1. The first kappa shape index (κ1) is 13.5. The maximum absolute atomic E-state index is 12.7. The molecular formula is C11H19N3O3S. The molecule has 1 fully saturated rings. The molecule has 1 aromatic heterocycles. The zero-order valence-electron chi connectivity index (χ0n) is 11.1. The summed E-state index contributed by atoms with van der Waals surface area (Å²) >= 11 is 0. The molecule has 1 aromatic rings. The van der Waals surface area contributed by atoms with Gasteiger partial charge in [-0.1, -0.05) is 5.16 Å². The molecule has 0 saturated carbocycles. The van der Waals surface area contributed by atoms with Crippen LogP contribution < -0.4 is 5.32 Å². The van der Waals surface area contributed by atoms with Gasteiger partial charge in [0.05, 0.1) is 0 Å². The zero-order valence-corrected chi connectivity index (χ0v) is 11.9. The van der Waals surface area contributed by atoms with Crippen molar-refractivity contribution in [2.45, 2.75) is 44.7 Å². The van der Waals surface area contributed by atoms with Crippen molar-refractivity contribution in [2.75, 3.05) is 13.1 Å². The predicted octanol–water partition coefficient (Wildman–Crippen LogP) is 0.662. The van der Waals surface area contributed by atoms with Gasteiger partial charge in [0.2, 0.25) is 10.0 Å². The van der Waals surface area contributed by atoms with Crippen LogP contribution in [0.5, 0.6) is 0 Å². The Kier molecular flexibility index (Phi) is 3.48. The highest BCUT2D eigenvalue weighted by Gasteiger charge is 2.38. The van der Waals surface area contributed by atoms with Crippen LogP contribution in [-0.2, 0) is 10.0 Å². The number of nitrogens with zero attached hydrogens (tertiary/aromatic N) is 2. The molecule has 2 unspecified atom stereocenters. The molecule has 102 valence electrons. The van der Waals surface area contributed by atoms with E-state index in [0.29, 0.717) is 24.5 Å². The molecule has 2 atom stereocenters. The lowest BCUT2D eigenvalue weighted by Crippen LogP contribution is -2.57. The molecule has 0 aliphatic carbocycles. The molecule has 1 N–H and O–H groups in total. The fourth-order valence-corrected chi connectivity index (χ4v) is 4.66. The fourth-order valence-electron chi connectivity index (χ4n) is 2.54. The van der Waals surface area contributed by atoms with Crippen molar-refractivity contribution in [1.82, 2.24) is 14.8 Å². The highest BCUT2D eigenvalue weighted by atomic mass is 32.2. The molecular weight excluding hydrogens is 254 g/mol. The molecule has 1 aliphatic rings. The van der Waals surface area contributed by atoms with Gasteiger partial charge >= 0.3 is 0 Å². The van der Waals surface area contributed by atoms with Crippen LogP contribution in [0.4, 0.5) is 0 Å². The van der Waals surface area contributed by atoms with Gasteiger partial charge in [-0.2, -0.15) is 4.31 Å². The van der Waals surface area contributed by atoms with Gasteiger partial charge < -0.3 is 9.84 Å². The minimum atomic E-state index is -3.54. The van der Waals surface area contributed by atoms with Gasteiger partial charge in [0.15, 0.2) is 5.76 Å². The van der Waals surface area contributed by atoms with Crippen LogP contribution in [0, 0.1) is 13.8 Å². The lowest BCUT2D eigenvalue weighted by Gasteiger charge is -2.37. The van der Waals surface area contributed by atoms with E-state index in [9.17, 15) is 8.42 Å².